The Morgan fingerprint density at radius 1 is 1.24 bits per heavy atom. The van der Waals surface area contributed by atoms with Gasteiger partial charge < -0.3 is 0 Å². The van der Waals surface area contributed by atoms with E-state index in [4.69, 9.17) is 0 Å². The minimum atomic E-state index is -4.66. The maximum absolute atomic E-state index is 13.2. The highest BCUT2D eigenvalue weighted by Gasteiger charge is 2.38. The van der Waals surface area contributed by atoms with E-state index in [1.54, 1.807) is 18.2 Å². The predicted octanol–water partition coefficient (Wildman–Crippen LogP) is 1.94. The first kappa shape index (κ1) is 17.9. The summed E-state index contributed by atoms with van der Waals surface area (Å²) in [5, 5.41) is 7.15. The minimum Gasteiger partial charge on any atom is -0.267 e. The number of aromatic nitrogens is 4. The zero-order valence-corrected chi connectivity index (χ0v) is 14.4. The highest BCUT2D eigenvalue weighted by atomic mass is 32.2. The predicted molar refractivity (Wildman–Crippen MR) is 86.9 cm³/mol. The summed E-state index contributed by atoms with van der Waals surface area (Å²) in [6.07, 6.45) is -3.64. The van der Waals surface area contributed by atoms with Gasteiger partial charge in [-0.2, -0.15) is 13.2 Å². The largest absolute Gasteiger partial charge is 0.452 e. The standard InChI is InChI=1S/C13H12F3N5O2S2/c1-25(22,23)17-6-7-24-11-10-19-20-12(13(14,15)16)21(10)9-5-3-2-4-8(9)18-11/h2-5,17H,6-7H2,1H3. The number of benzene rings is 1. The van der Waals surface area contributed by atoms with Gasteiger partial charge in [0.25, 0.3) is 0 Å². The van der Waals surface area contributed by atoms with E-state index in [-0.39, 0.29) is 28.5 Å². The normalized spacial score (nSPS) is 13.0. The Labute approximate surface area is 144 Å². The van der Waals surface area contributed by atoms with Gasteiger partial charge in [-0.15, -0.1) is 22.0 Å². The van der Waals surface area contributed by atoms with E-state index in [9.17, 15) is 21.6 Å². The zero-order valence-electron chi connectivity index (χ0n) is 12.8. The first-order chi connectivity index (χ1) is 11.7. The molecule has 3 aromatic rings. The summed E-state index contributed by atoms with van der Waals surface area (Å²) >= 11 is 1.10. The molecule has 0 saturated heterocycles. The molecule has 7 nitrogen and oxygen atoms in total. The molecular formula is C13H12F3N5O2S2. The molecule has 25 heavy (non-hydrogen) atoms. The van der Waals surface area contributed by atoms with Crippen molar-refractivity contribution < 1.29 is 21.6 Å². The molecule has 3 rings (SSSR count). The van der Waals surface area contributed by atoms with Crippen molar-refractivity contribution in [3.05, 3.63) is 30.1 Å². The number of nitrogens with one attached hydrogen (secondary N) is 1. The van der Waals surface area contributed by atoms with Crippen molar-refractivity contribution in [2.45, 2.75) is 11.2 Å². The molecule has 0 aliphatic rings. The lowest BCUT2D eigenvalue weighted by molar-refractivity contribution is -0.145. The lowest BCUT2D eigenvalue weighted by Gasteiger charge is -2.09. The molecular weight excluding hydrogens is 379 g/mol. The van der Waals surface area contributed by atoms with Crippen LogP contribution in [0.5, 0.6) is 0 Å². The molecule has 12 heteroatoms. The van der Waals surface area contributed by atoms with Crippen LogP contribution in [0.1, 0.15) is 5.82 Å². The van der Waals surface area contributed by atoms with Gasteiger partial charge in [0.05, 0.1) is 17.3 Å². The lowest BCUT2D eigenvalue weighted by atomic mass is 10.3. The average molecular weight is 391 g/mol. The van der Waals surface area contributed by atoms with E-state index < -0.39 is 22.0 Å². The molecule has 0 aliphatic carbocycles. The van der Waals surface area contributed by atoms with Crippen LogP contribution in [0.25, 0.3) is 16.7 Å². The minimum absolute atomic E-state index is 0.0182. The van der Waals surface area contributed by atoms with Crippen LogP contribution in [0.15, 0.2) is 29.3 Å². The number of hydrogen-bond donors (Lipinski definition) is 1. The Morgan fingerprint density at radius 2 is 1.96 bits per heavy atom. The van der Waals surface area contributed by atoms with Gasteiger partial charge in [0, 0.05) is 12.3 Å². The Bertz CT molecular complexity index is 1030. The van der Waals surface area contributed by atoms with Crippen LogP contribution in [0, 0.1) is 0 Å². The average Bonchev–Trinajstić information content (AvgIpc) is 2.96. The molecule has 0 amide bonds. The summed E-state index contributed by atoms with van der Waals surface area (Å²) in [4.78, 5) is 4.33. The number of thioether (sulfide) groups is 1. The van der Waals surface area contributed by atoms with E-state index in [2.05, 4.69) is 19.9 Å². The third kappa shape index (κ3) is 3.85. The van der Waals surface area contributed by atoms with Gasteiger partial charge in [-0.05, 0) is 12.1 Å². The van der Waals surface area contributed by atoms with Crippen molar-refractivity contribution in [2.75, 3.05) is 18.6 Å². The second kappa shape index (κ2) is 6.42. The maximum Gasteiger partial charge on any atom is 0.452 e. The quantitative estimate of drug-likeness (QED) is 0.528. The molecule has 0 aliphatic heterocycles. The SMILES string of the molecule is CS(=O)(=O)NCCSc1nc2ccccc2n2c(C(F)(F)F)nnc12. The Hall–Kier alpha value is -1.92. The topological polar surface area (TPSA) is 89.2 Å². The van der Waals surface area contributed by atoms with E-state index in [0.29, 0.717) is 5.52 Å². The molecule has 0 spiro atoms. The van der Waals surface area contributed by atoms with Gasteiger partial charge in [0.15, 0.2) is 5.65 Å². The third-order valence-electron chi connectivity index (χ3n) is 3.16. The highest BCUT2D eigenvalue weighted by molar-refractivity contribution is 7.99. The number of halogens is 3. The summed E-state index contributed by atoms with van der Waals surface area (Å²) < 4.78 is 65.0. The van der Waals surface area contributed by atoms with Crippen LogP contribution in [0.4, 0.5) is 13.2 Å². The third-order valence-corrected chi connectivity index (χ3v) is 4.84. The second-order valence-corrected chi connectivity index (χ2v) is 8.02. The van der Waals surface area contributed by atoms with Crippen LogP contribution < -0.4 is 4.72 Å². The molecule has 0 saturated carbocycles. The number of alkyl halides is 3. The van der Waals surface area contributed by atoms with Crippen molar-refractivity contribution in [3.8, 4) is 0 Å². The summed E-state index contributed by atoms with van der Waals surface area (Å²) in [6.45, 7) is 0.116. The Balaban J connectivity index is 2.05. The summed E-state index contributed by atoms with van der Waals surface area (Å²) in [6, 6.07) is 6.37. The van der Waals surface area contributed by atoms with Gasteiger partial charge in [-0.1, -0.05) is 12.1 Å². The molecule has 1 aromatic carbocycles. The number of sulfonamides is 1. The molecule has 134 valence electrons. The van der Waals surface area contributed by atoms with E-state index >= 15 is 0 Å². The van der Waals surface area contributed by atoms with Crippen molar-refractivity contribution in [2.24, 2.45) is 0 Å². The smallest absolute Gasteiger partial charge is 0.267 e. The molecule has 0 radical (unpaired) electrons. The fourth-order valence-electron chi connectivity index (χ4n) is 2.21. The van der Waals surface area contributed by atoms with E-state index in [0.717, 1.165) is 22.4 Å². The van der Waals surface area contributed by atoms with Crippen LogP contribution in [-0.2, 0) is 16.2 Å². The van der Waals surface area contributed by atoms with Gasteiger partial charge in [0.1, 0.15) is 5.03 Å². The number of hydrogen-bond acceptors (Lipinski definition) is 6. The summed E-state index contributed by atoms with van der Waals surface area (Å²) in [7, 11) is -3.34. The van der Waals surface area contributed by atoms with Gasteiger partial charge in [-0.25, -0.2) is 18.1 Å². The number of fused-ring (bicyclic) bond motifs is 3. The van der Waals surface area contributed by atoms with Crippen molar-refractivity contribution in [1.29, 1.82) is 0 Å². The second-order valence-electron chi connectivity index (χ2n) is 5.10. The van der Waals surface area contributed by atoms with Gasteiger partial charge >= 0.3 is 6.18 Å². The zero-order chi connectivity index (χ0) is 18.2. The Kier molecular flexibility index (Phi) is 4.60. The highest BCUT2D eigenvalue weighted by Crippen LogP contribution is 2.32. The molecule has 2 heterocycles. The monoisotopic (exact) mass is 391 g/mol. The molecule has 1 N–H and O–H groups in total. The molecule has 0 unspecified atom stereocenters. The van der Waals surface area contributed by atoms with Crippen LogP contribution in [0.2, 0.25) is 0 Å². The molecule has 0 atom stereocenters. The fourth-order valence-corrected chi connectivity index (χ4v) is 3.64. The van der Waals surface area contributed by atoms with Crippen LogP contribution in [-0.4, -0.2) is 46.6 Å². The maximum atomic E-state index is 13.2. The summed E-state index contributed by atoms with van der Waals surface area (Å²) in [5.74, 6) is -0.848. The van der Waals surface area contributed by atoms with Crippen molar-refractivity contribution >= 4 is 38.5 Å². The first-order valence-electron chi connectivity index (χ1n) is 6.95. The fraction of sp³-hybridized carbons (Fsp3) is 0.308. The lowest BCUT2D eigenvalue weighted by Crippen LogP contribution is -2.24. The van der Waals surface area contributed by atoms with E-state index in [1.165, 1.54) is 6.07 Å². The molecule has 2 aromatic heterocycles. The van der Waals surface area contributed by atoms with Crippen LogP contribution in [0.3, 0.4) is 0 Å². The first-order valence-corrected chi connectivity index (χ1v) is 9.83. The Morgan fingerprint density at radius 3 is 2.64 bits per heavy atom. The molecule has 0 bridgehead atoms. The van der Waals surface area contributed by atoms with Gasteiger partial charge in [0.2, 0.25) is 15.8 Å². The number of para-hydroxylation sites is 2. The number of rotatable bonds is 5. The van der Waals surface area contributed by atoms with Crippen molar-refractivity contribution in [3.63, 3.8) is 0 Å². The summed E-state index contributed by atoms with van der Waals surface area (Å²) in [5.41, 5.74) is 0.586. The van der Waals surface area contributed by atoms with E-state index in [1.807, 2.05) is 0 Å². The number of nitrogens with zero attached hydrogens (tertiary/aromatic N) is 4. The van der Waals surface area contributed by atoms with Gasteiger partial charge in [-0.3, -0.25) is 4.40 Å². The van der Waals surface area contributed by atoms with Crippen molar-refractivity contribution in [1.82, 2.24) is 24.3 Å². The molecule has 0 fully saturated rings. The van der Waals surface area contributed by atoms with Crippen LogP contribution >= 0.6 is 11.8 Å².